The second kappa shape index (κ2) is 7.26. The molecule has 2 heterocycles. The number of nitriles is 1. The van der Waals surface area contributed by atoms with Gasteiger partial charge >= 0.3 is 0 Å². The van der Waals surface area contributed by atoms with Gasteiger partial charge in [0, 0.05) is 31.2 Å². The lowest BCUT2D eigenvalue weighted by Gasteiger charge is -2.35. The maximum Gasteiger partial charge on any atom is 0.256 e. The maximum atomic E-state index is 14.0. The zero-order valence-electron chi connectivity index (χ0n) is 14.5. The molecule has 3 rings (SSSR count). The van der Waals surface area contributed by atoms with Gasteiger partial charge in [0.2, 0.25) is 0 Å². The van der Waals surface area contributed by atoms with Crippen LogP contribution in [-0.4, -0.2) is 47.2 Å². The lowest BCUT2D eigenvalue weighted by atomic mass is 10.1. The number of rotatable bonds is 2. The van der Waals surface area contributed by atoms with Crippen LogP contribution in [0.1, 0.15) is 27.2 Å². The SMILES string of the molecule is Cc1nnc(N2CCN(C(=O)c3ccc(Cl)cc3F)CC2)c(C#N)c1C. The normalized spacial score (nSPS) is 14.3. The standard InChI is InChI=1S/C18H17ClFN5O/c1-11-12(2)22-23-17(15(11)10-21)24-5-7-25(8-6-24)18(26)14-4-3-13(19)9-16(14)20/h3-4,9H,5-8H2,1-2H3. The van der Waals surface area contributed by atoms with Crippen LogP contribution >= 0.6 is 11.6 Å². The molecule has 26 heavy (non-hydrogen) atoms. The van der Waals surface area contributed by atoms with Gasteiger partial charge in [-0.05, 0) is 37.6 Å². The molecule has 0 unspecified atom stereocenters. The van der Waals surface area contributed by atoms with Gasteiger partial charge in [0.15, 0.2) is 5.82 Å². The molecule has 0 saturated carbocycles. The Kier molecular flexibility index (Phi) is 5.05. The van der Waals surface area contributed by atoms with E-state index in [1.165, 1.54) is 12.1 Å². The van der Waals surface area contributed by atoms with E-state index in [9.17, 15) is 14.4 Å². The van der Waals surface area contributed by atoms with Gasteiger partial charge in [0.05, 0.1) is 11.3 Å². The van der Waals surface area contributed by atoms with E-state index in [-0.39, 0.29) is 16.5 Å². The van der Waals surface area contributed by atoms with Crippen LogP contribution in [0.3, 0.4) is 0 Å². The first-order valence-corrected chi connectivity index (χ1v) is 8.53. The highest BCUT2D eigenvalue weighted by Gasteiger charge is 2.26. The molecule has 0 bridgehead atoms. The zero-order valence-corrected chi connectivity index (χ0v) is 15.2. The molecule has 0 radical (unpaired) electrons. The molecule has 1 aromatic carbocycles. The largest absolute Gasteiger partial charge is 0.350 e. The Labute approximate surface area is 155 Å². The van der Waals surface area contributed by atoms with Crippen LogP contribution in [-0.2, 0) is 0 Å². The lowest BCUT2D eigenvalue weighted by Crippen LogP contribution is -2.49. The summed E-state index contributed by atoms with van der Waals surface area (Å²) in [5, 5.41) is 17.9. The van der Waals surface area contributed by atoms with Crippen LogP contribution in [0.15, 0.2) is 18.2 Å². The quantitative estimate of drug-likeness (QED) is 0.809. The molecule has 1 aliphatic rings. The van der Waals surface area contributed by atoms with Crippen molar-refractivity contribution in [1.29, 1.82) is 5.26 Å². The first-order valence-electron chi connectivity index (χ1n) is 8.15. The van der Waals surface area contributed by atoms with Crippen LogP contribution in [0.5, 0.6) is 0 Å². The smallest absolute Gasteiger partial charge is 0.256 e. The minimum absolute atomic E-state index is 0.00605. The third-order valence-corrected chi connectivity index (χ3v) is 4.81. The van der Waals surface area contributed by atoms with E-state index in [0.717, 1.165) is 17.3 Å². The van der Waals surface area contributed by atoms with Crippen molar-refractivity contribution in [3.8, 4) is 6.07 Å². The number of carbonyl (C=O) groups excluding carboxylic acids is 1. The highest BCUT2D eigenvalue weighted by molar-refractivity contribution is 6.30. The van der Waals surface area contributed by atoms with Crippen LogP contribution in [0, 0.1) is 31.0 Å². The molecule has 2 aromatic rings. The molecule has 1 aromatic heterocycles. The van der Waals surface area contributed by atoms with E-state index >= 15 is 0 Å². The second-order valence-electron chi connectivity index (χ2n) is 6.12. The van der Waals surface area contributed by atoms with Crippen LogP contribution < -0.4 is 4.90 Å². The number of carbonyl (C=O) groups is 1. The number of benzene rings is 1. The second-order valence-corrected chi connectivity index (χ2v) is 6.56. The van der Waals surface area contributed by atoms with Crippen molar-refractivity contribution < 1.29 is 9.18 Å². The fourth-order valence-electron chi connectivity index (χ4n) is 2.91. The Hall–Kier alpha value is -2.72. The predicted octanol–water partition coefficient (Wildman–Crippen LogP) is 2.72. The maximum absolute atomic E-state index is 14.0. The number of hydrogen-bond acceptors (Lipinski definition) is 5. The number of amides is 1. The third kappa shape index (κ3) is 3.33. The Morgan fingerprint density at radius 3 is 2.54 bits per heavy atom. The van der Waals surface area contributed by atoms with Crippen LogP contribution in [0.25, 0.3) is 0 Å². The number of aromatic nitrogens is 2. The fraction of sp³-hybridized carbons (Fsp3) is 0.333. The molecule has 0 N–H and O–H groups in total. The molecule has 134 valence electrons. The number of aryl methyl sites for hydroxylation is 1. The molecule has 1 aliphatic heterocycles. The van der Waals surface area contributed by atoms with E-state index < -0.39 is 5.82 Å². The average molecular weight is 374 g/mol. The van der Waals surface area contributed by atoms with Crippen molar-refractivity contribution in [3.63, 3.8) is 0 Å². The summed E-state index contributed by atoms with van der Waals surface area (Å²) < 4.78 is 14.0. The van der Waals surface area contributed by atoms with Crippen molar-refractivity contribution in [1.82, 2.24) is 15.1 Å². The van der Waals surface area contributed by atoms with Crippen molar-refractivity contribution in [2.45, 2.75) is 13.8 Å². The number of anilines is 1. The van der Waals surface area contributed by atoms with Gasteiger partial charge in [-0.1, -0.05) is 11.6 Å². The van der Waals surface area contributed by atoms with E-state index in [0.29, 0.717) is 37.6 Å². The molecular formula is C18H17ClFN5O. The van der Waals surface area contributed by atoms with Gasteiger partial charge in [0.1, 0.15) is 17.4 Å². The van der Waals surface area contributed by atoms with E-state index in [1.54, 1.807) is 4.90 Å². The molecule has 0 atom stereocenters. The van der Waals surface area contributed by atoms with Crippen molar-refractivity contribution in [3.05, 3.63) is 51.4 Å². The predicted molar refractivity (Wildman–Crippen MR) is 95.7 cm³/mol. The first-order chi connectivity index (χ1) is 12.4. The number of hydrogen-bond donors (Lipinski definition) is 0. The minimum Gasteiger partial charge on any atom is -0.350 e. The monoisotopic (exact) mass is 373 g/mol. The molecular weight excluding hydrogens is 357 g/mol. The van der Waals surface area contributed by atoms with Crippen molar-refractivity contribution in [2.24, 2.45) is 0 Å². The zero-order chi connectivity index (χ0) is 18.8. The summed E-state index contributed by atoms with van der Waals surface area (Å²) >= 11 is 5.74. The highest BCUT2D eigenvalue weighted by Crippen LogP contribution is 2.23. The Morgan fingerprint density at radius 2 is 1.92 bits per heavy atom. The lowest BCUT2D eigenvalue weighted by molar-refractivity contribution is 0.0742. The third-order valence-electron chi connectivity index (χ3n) is 4.58. The van der Waals surface area contributed by atoms with E-state index in [2.05, 4.69) is 16.3 Å². The molecule has 1 amide bonds. The Morgan fingerprint density at radius 1 is 1.23 bits per heavy atom. The summed E-state index contributed by atoms with van der Waals surface area (Å²) in [6, 6.07) is 6.22. The Balaban J connectivity index is 1.75. The Bertz CT molecular complexity index is 903. The van der Waals surface area contributed by atoms with Gasteiger partial charge < -0.3 is 9.80 Å². The van der Waals surface area contributed by atoms with E-state index in [1.807, 2.05) is 18.7 Å². The summed E-state index contributed by atoms with van der Waals surface area (Å²) in [5.74, 6) is -0.470. The molecule has 1 saturated heterocycles. The topological polar surface area (TPSA) is 73.1 Å². The van der Waals surface area contributed by atoms with Gasteiger partial charge in [0.25, 0.3) is 5.91 Å². The van der Waals surface area contributed by atoms with Crippen LogP contribution in [0.2, 0.25) is 5.02 Å². The average Bonchev–Trinajstić information content (AvgIpc) is 2.63. The van der Waals surface area contributed by atoms with Crippen molar-refractivity contribution in [2.75, 3.05) is 31.1 Å². The highest BCUT2D eigenvalue weighted by atomic mass is 35.5. The number of nitrogens with zero attached hydrogens (tertiary/aromatic N) is 5. The van der Waals surface area contributed by atoms with E-state index in [4.69, 9.17) is 11.6 Å². The minimum atomic E-state index is -0.628. The summed E-state index contributed by atoms with van der Waals surface area (Å²) in [5.41, 5.74) is 2.03. The van der Waals surface area contributed by atoms with Crippen molar-refractivity contribution >= 4 is 23.3 Å². The molecule has 1 fully saturated rings. The number of halogens is 2. The number of piperazine rings is 1. The van der Waals surface area contributed by atoms with Gasteiger partial charge in [-0.2, -0.15) is 10.4 Å². The molecule has 8 heteroatoms. The first kappa shape index (κ1) is 18.1. The summed E-state index contributed by atoms with van der Waals surface area (Å²) in [7, 11) is 0. The van der Waals surface area contributed by atoms with Crippen LogP contribution in [0.4, 0.5) is 10.2 Å². The van der Waals surface area contributed by atoms with Gasteiger partial charge in [-0.3, -0.25) is 4.79 Å². The summed E-state index contributed by atoms with van der Waals surface area (Å²) in [6.45, 7) is 5.44. The molecule has 0 spiro atoms. The summed E-state index contributed by atoms with van der Waals surface area (Å²) in [6.07, 6.45) is 0. The summed E-state index contributed by atoms with van der Waals surface area (Å²) in [4.78, 5) is 16.1. The molecule has 6 nitrogen and oxygen atoms in total. The fourth-order valence-corrected chi connectivity index (χ4v) is 3.06. The molecule has 0 aliphatic carbocycles. The van der Waals surface area contributed by atoms with Gasteiger partial charge in [-0.25, -0.2) is 4.39 Å². The van der Waals surface area contributed by atoms with Gasteiger partial charge in [-0.15, -0.1) is 5.10 Å².